The van der Waals surface area contributed by atoms with Crippen LogP contribution in [0.15, 0.2) is 70.7 Å². The number of nitrogens with one attached hydrogen (secondary N) is 2. The molecule has 2 unspecified atom stereocenters. The summed E-state index contributed by atoms with van der Waals surface area (Å²) in [6.45, 7) is 2.62. The summed E-state index contributed by atoms with van der Waals surface area (Å²) in [6, 6.07) is 13.3. The Morgan fingerprint density at radius 2 is 1.80 bits per heavy atom. The molecule has 1 amide bonds. The van der Waals surface area contributed by atoms with E-state index in [4.69, 9.17) is 4.42 Å². The van der Waals surface area contributed by atoms with Crippen molar-refractivity contribution in [3.63, 3.8) is 0 Å². The highest BCUT2D eigenvalue weighted by atomic mass is 32.2. The second-order valence-electron chi connectivity index (χ2n) is 9.67. The topological polar surface area (TPSA) is 122 Å². The summed E-state index contributed by atoms with van der Waals surface area (Å²) in [4.78, 5) is 17.2. The largest absolute Gasteiger partial charge is 0.468 e. The fourth-order valence-corrected chi connectivity index (χ4v) is 6.82. The van der Waals surface area contributed by atoms with Crippen LogP contribution in [0.5, 0.6) is 0 Å². The molecule has 12 heteroatoms. The van der Waals surface area contributed by atoms with Crippen molar-refractivity contribution in [3.05, 3.63) is 111 Å². The van der Waals surface area contributed by atoms with Crippen molar-refractivity contribution >= 4 is 27.1 Å². The normalized spacial score (nSPS) is 13.2. The second-order valence-corrected chi connectivity index (χ2v) is 12.7. The number of carbonyl (C=O) groups is 1. The number of aryl methyl sites for hydroxylation is 1. The fourth-order valence-electron chi connectivity index (χ4n) is 4.31. The number of furan rings is 1. The van der Waals surface area contributed by atoms with E-state index in [1.807, 2.05) is 18.2 Å². The molecule has 0 saturated carbocycles. The predicted octanol–water partition coefficient (Wildman–Crippen LogP) is 4.18. The SMILES string of the molecule is CCc1cccc(CNCC(O)C(Cc2cc(F)cc(F)c2)NC(=O)c2csc(CS(=O)(=O)Cc3ccco3)n2)c1. The van der Waals surface area contributed by atoms with E-state index < -0.39 is 39.5 Å². The van der Waals surface area contributed by atoms with Crippen LogP contribution in [0.4, 0.5) is 8.78 Å². The molecule has 0 saturated heterocycles. The molecule has 0 aliphatic heterocycles. The number of aliphatic hydroxyl groups is 1. The lowest BCUT2D eigenvalue weighted by atomic mass is 10.00. The Hall–Kier alpha value is -3.45. The highest BCUT2D eigenvalue weighted by molar-refractivity contribution is 7.89. The fraction of sp³-hybridized carbons (Fsp3) is 0.310. The zero-order valence-electron chi connectivity index (χ0n) is 22.3. The maximum absolute atomic E-state index is 13.9. The Morgan fingerprint density at radius 1 is 1.05 bits per heavy atom. The van der Waals surface area contributed by atoms with Gasteiger partial charge in [0.2, 0.25) is 0 Å². The van der Waals surface area contributed by atoms with Crippen LogP contribution in [0.1, 0.15) is 44.9 Å². The minimum absolute atomic E-state index is 0.0230. The van der Waals surface area contributed by atoms with Gasteiger partial charge in [0.05, 0.1) is 18.4 Å². The Kier molecular flexibility index (Phi) is 10.4. The van der Waals surface area contributed by atoms with Gasteiger partial charge in [0, 0.05) is 24.5 Å². The zero-order chi connectivity index (χ0) is 29.4. The van der Waals surface area contributed by atoms with Crippen molar-refractivity contribution in [2.24, 2.45) is 0 Å². The van der Waals surface area contributed by atoms with Crippen molar-refractivity contribution in [2.75, 3.05) is 6.54 Å². The first kappa shape index (κ1) is 30.5. The molecule has 0 bridgehead atoms. The lowest BCUT2D eigenvalue weighted by molar-refractivity contribution is 0.0825. The first-order valence-electron chi connectivity index (χ1n) is 13.0. The summed E-state index contributed by atoms with van der Waals surface area (Å²) in [5.74, 6) is -2.55. The summed E-state index contributed by atoms with van der Waals surface area (Å²) >= 11 is 1.02. The van der Waals surface area contributed by atoms with Gasteiger partial charge in [0.15, 0.2) is 9.84 Å². The van der Waals surface area contributed by atoms with Gasteiger partial charge in [-0.2, -0.15) is 0 Å². The summed E-state index contributed by atoms with van der Waals surface area (Å²) in [7, 11) is -3.59. The predicted molar refractivity (Wildman–Crippen MR) is 152 cm³/mol. The number of rotatable bonds is 14. The molecule has 0 aliphatic carbocycles. The van der Waals surface area contributed by atoms with E-state index >= 15 is 0 Å². The summed E-state index contributed by atoms with van der Waals surface area (Å²) < 4.78 is 57.8. The zero-order valence-corrected chi connectivity index (χ0v) is 24.0. The third-order valence-corrected chi connectivity index (χ3v) is 8.78. The van der Waals surface area contributed by atoms with Gasteiger partial charge in [0.25, 0.3) is 5.91 Å². The number of carbonyl (C=O) groups excluding carboxylic acids is 1. The van der Waals surface area contributed by atoms with Gasteiger partial charge >= 0.3 is 0 Å². The van der Waals surface area contributed by atoms with Gasteiger partial charge < -0.3 is 20.2 Å². The second kappa shape index (κ2) is 13.9. The minimum Gasteiger partial charge on any atom is -0.468 e. The maximum Gasteiger partial charge on any atom is 0.271 e. The Bertz CT molecular complexity index is 1540. The number of nitrogens with zero attached hydrogens (tertiary/aromatic N) is 1. The maximum atomic E-state index is 13.9. The van der Waals surface area contributed by atoms with Crippen molar-refractivity contribution in [3.8, 4) is 0 Å². The van der Waals surface area contributed by atoms with Gasteiger partial charge in [-0.15, -0.1) is 11.3 Å². The average Bonchev–Trinajstić information content (AvgIpc) is 3.59. The number of benzene rings is 2. The molecule has 41 heavy (non-hydrogen) atoms. The Morgan fingerprint density at radius 3 is 2.51 bits per heavy atom. The van der Waals surface area contributed by atoms with Gasteiger partial charge in [-0.1, -0.05) is 31.2 Å². The van der Waals surface area contributed by atoms with Gasteiger partial charge in [-0.25, -0.2) is 22.2 Å². The molecule has 2 atom stereocenters. The van der Waals surface area contributed by atoms with Crippen LogP contribution in [0, 0.1) is 11.6 Å². The van der Waals surface area contributed by atoms with Gasteiger partial charge in [-0.05, 0) is 53.8 Å². The summed E-state index contributed by atoms with van der Waals surface area (Å²) in [5.41, 5.74) is 2.44. The van der Waals surface area contributed by atoms with Crippen LogP contribution in [0.25, 0.3) is 0 Å². The molecule has 3 N–H and O–H groups in total. The monoisotopic (exact) mass is 603 g/mol. The lowest BCUT2D eigenvalue weighted by Crippen LogP contribution is -2.48. The molecule has 218 valence electrons. The van der Waals surface area contributed by atoms with Crippen molar-refractivity contribution in [1.29, 1.82) is 0 Å². The molecule has 8 nitrogen and oxygen atoms in total. The van der Waals surface area contributed by atoms with E-state index in [1.165, 1.54) is 17.2 Å². The minimum atomic E-state index is -3.59. The number of halogens is 2. The van der Waals surface area contributed by atoms with Crippen molar-refractivity contribution in [2.45, 2.75) is 50.0 Å². The standard InChI is InChI=1S/C29H31F2N3O5S2/c1-2-19-5-3-6-20(9-19)14-32-15-27(35)25(12-21-10-22(30)13-23(31)11-21)34-29(36)26-16-40-28(33-26)18-41(37,38)17-24-7-4-8-39-24/h3-11,13,16,25,27,32,35H,2,12,14-15,17-18H2,1H3,(H,34,36). The molecular weight excluding hydrogens is 572 g/mol. The average molecular weight is 604 g/mol. The molecular formula is C29H31F2N3O5S2. The van der Waals surface area contributed by atoms with E-state index in [-0.39, 0.29) is 40.7 Å². The number of sulfone groups is 1. The van der Waals surface area contributed by atoms with Crippen LogP contribution in [-0.4, -0.2) is 43.1 Å². The molecule has 0 radical (unpaired) electrons. The highest BCUT2D eigenvalue weighted by Gasteiger charge is 2.25. The molecule has 0 aliphatic rings. The van der Waals surface area contributed by atoms with Crippen molar-refractivity contribution < 1.29 is 31.5 Å². The molecule has 4 rings (SSSR count). The summed E-state index contributed by atoms with van der Waals surface area (Å²) in [6.07, 6.45) is 1.11. The molecule has 2 heterocycles. The molecule has 0 spiro atoms. The Balaban J connectivity index is 1.43. The third kappa shape index (κ3) is 9.28. The smallest absolute Gasteiger partial charge is 0.271 e. The molecule has 2 aromatic heterocycles. The van der Waals surface area contributed by atoms with Gasteiger partial charge in [0.1, 0.15) is 39.6 Å². The van der Waals surface area contributed by atoms with E-state index in [9.17, 15) is 27.1 Å². The van der Waals surface area contributed by atoms with Crippen LogP contribution < -0.4 is 10.6 Å². The lowest BCUT2D eigenvalue weighted by Gasteiger charge is -2.24. The number of hydrogen-bond donors (Lipinski definition) is 3. The van der Waals surface area contributed by atoms with Gasteiger partial charge in [-0.3, -0.25) is 4.79 Å². The molecule has 0 fully saturated rings. The quantitative estimate of drug-likeness (QED) is 0.198. The Labute approximate surface area is 241 Å². The van der Waals surface area contributed by atoms with E-state index in [0.29, 0.717) is 12.3 Å². The number of hydrogen-bond acceptors (Lipinski definition) is 8. The summed E-state index contributed by atoms with van der Waals surface area (Å²) in [5, 5.41) is 18.5. The number of thiazole rings is 1. The van der Waals surface area contributed by atoms with Crippen LogP contribution in [-0.2, 0) is 40.7 Å². The highest BCUT2D eigenvalue weighted by Crippen LogP contribution is 2.18. The number of amides is 1. The van der Waals surface area contributed by atoms with E-state index in [2.05, 4.69) is 28.6 Å². The third-order valence-electron chi connectivity index (χ3n) is 6.31. The molecule has 2 aromatic carbocycles. The number of aromatic nitrogens is 1. The van der Waals surface area contributed by atoms with Crippen LogP contribution >= 0.6 is 11.3 Å². The van der Waals surface area contributed by atoms with E-state index in [1.54, 1.807) is 12.1 Å². The van der Waals surface area contributed by atoms with Crippen LogP contribution in [0.3, 0.4) is 0 Å². The molecule has 4 aromatic rings. The number of aliphatic hydroxyl groups excluding tert-OH is 1. The van der Waals surface area contributed by atoms with Crippen molar-refractivity contribution in [1.82, 2.24) is 15.6 Å². The van der Waals surface area contributed by atoms with Crippen LogP contribution in [0.2, 0.25) is 0 Å². The van der Waals surface area contributed by atoms with E-state index in [0.717, 1.165) is 41.5 Å². The first-order chi connectivity index (χ1) is 19.6. The first-order valence-corrected chi connectivity index (χ1v) is 15.7.